The first-order valence-electron chi connectivity index (χ1n) is 9.94. The second kappa shape index (κ2) is 8.25. The third kappa shape index (κ3) is 4.43. The number of fused-ring (bicyclic) bond motifs is 1. The molecular formula is C23H24N2O3S. The van der Waals surface area contributed by atoms with Crippen molar-refractivity contribution in [2.75, 3.05) is 10.0 Å². The van der Waals surface area contributed by atoms with E-state index in [-0.39, 0.29) is 16.7 Å². The molecule has 0 radical (unpaired) electrons. The Kier molecular flexibility index (Phi) is 5.53. The highest BCUT2D eigenvalue weighted by Crippen LogP contribution is 2.27. The van der Waals surface area contributed by atoms with Crippen LogP contribution in [0, 0.1) is 5.92 Å². The Morgan fingerprint density at radius 2 is 1.52 bits per heavy atom. The highest BCUT2D eigenvalue weighted by molar-refractivity contribution is 7.92. The maximum atomic E-state index is 12.8. The fourth-order valence-electron chi connectivity index (χ4n) is 3.84. The lowest BCUT2D eigenvalue weighted by Gasteiger charge is -2.20. The lowest BCUT2D eigenvalue weighted by molar-refractivity contribution is -0.120. The molecule has 0 heterocycles. The number of hydrogen-bond acceptors (Lipinski definition) is 3. The lowest BCUT2D eigenvalue weighted by atomic mass is 9.88. The van der Waals surface area contributed by atoms with Gasteiger partial charge < -0.3 is 5.32 Å². The van der Waals surface area contributed by atoms with Crippen LogP contribution in [0.1, 0.15) is 32.1 Å². The van der Waals surface area contributed by atoms with Crippen LogP contribution in [0.2, 0.25) is 0 Å². The van der Waals surface area contributed by atoms with Crippen LogP contribution in [-0.4, -0.2) is 14.3 Å². The van der Waals surface area contributed by atoms with Gasteiger partial charge in [-0.1, -0.05) is 55.7 Å². The number of carbonyl (C=O) groups is 1. The summed E-state index contributed by atoms with van der Waals surface area (Å²) in [5, 5.41) is 4.72. The van der Waals surface area contributed by atoms with Crippen LogP contribution < -0.4 is 10.0 Å². The summed E-state index contributed by atoms with van der Waals surface area (Å²) in [7, 11) is -3.73. The highest BCUT2D eigenvalue weighted by atomic mass is 32.2. The number of hydrogen-bond donors (Lipinski definition) is 2. The molecule has 6 heteroatoms. The van der Waals surface area contributed by atoms with Gasteiger partial charge >= 0.3 is 0 Å². The summed E-state index contributed by atoms with van der Waals surface area (Å²) in [5.41, 5.74) is 1.16. The number of rotatable bonds is 5. The third-order valence-corrected chi connectivity index (χ3v) is 6.82. The largest absolute Gasteiger partial charge is 0.326 e. The zero-order chi connectivity index (χ0) is 20.3. The van der Waals surface area contributed by atoms with Gasteiger partial charge in [0.15, 0.2) is 0 Å². The molecule has 1 amide bonds. The molecule has 1 aliphatic rings. The van der Waals surface area contributed by atoms with Gasteiger partial charge in [0.1, 0.15) is 0 Å². The number of nitrogens with one attached hydrogen (secondary N) is 2. The first-order chi connectivity index (χ1) is 14.0. The molecule has 150 valence electrons. The molecule has 3 aromatic rings. The van der Waals surface area contributed by atoms with E-state index >= 15 is 0 Å². The highest BCUT2D eigenvalue weighted by Gasteiger charge is 2.21. The Morgan fingerprint density at radius 1 is 0.828 bits per heavy atom. The Hall–Kier alpha value is -2.86. The zero-order valence-electron chi connectivity index (χ0n) is 16.1. The zero-order valence-corrected chi connectivity index (χ0v) is 16.9. The van der Waals surface area contributed by atoms with Gasteiger partial charge in [0.2, 0.25) is 5.91 Å². The smallest absolute Gasteiger partial charge is 0.261 e. The lowest BCUT2D eigenvalue weighted by Crippen LogP contribution is -2.24. The van der Waals surface area contributed by atoms with Gasteiger partial charge in [0, 0.05) is 17.0 Å². The van der Waals surface area contributed by atoms with E-state index in [0.29, 0.717) is 11.4 Å². The molecule has 2 N–H and O–H groups in total. The molecule has 0 aliphatic heterocycles. The van der Waals surface area contributed by atoms with Crippen LogP contribution in [0.5, 0.6) is 0 Å². The van der Waals surface area contributed by atoms with Gasteiger partial charge in [0.05, 0.1) is 10.6 Å². The number of carbonyl (C=O) groups excluding carboxylic acids is 1. The van der Waals surface area contributed by atoms with Crippen molar-refractivity contribution in [3.8, 4) is 0 Å². The second-order valence-electron chi connectivity index (χ2n) is 7.48. The van der Waals surface area contributed by atoms with Crippen LogP contribution in [-0.2, 0) is 14.8 Å². The minimum absolute atomic E-state index is 0.0224. The molecule has 0 saturated heterocycles. The number of amides is 1. The number of anilines is 2. The van der Waals surface area contributed by atoms with Crippen molar-refractivity contribution in [2.45, 2.75) is 37.0 Å². The summed E-state index contributed by atoms with van der Waals surface area (Å²) in [6.45, 7) is 0. The normalized spacial score (nSPS) is 15.2. The molecule has 0 atom stereocenters. The van der Waals surface area contributed by atoms with Gasteiger partial charge in [-0.15, -0.1) is 0 Å². The molecule has 1 saturated carbocycles. The molecule has 4 rings (SSSR count). The predicted octanol–water partition coefficient (Wildman–Crippen LogP) is 5.16. The number of sulfonamides is 1. The van der Waals surface area contributed by atoms with Crippen molar-refractivity contribution >= 4 is 38.1 Å². The molecule has 3 aromatic carbocycles. The van der Waals surface area contributed by atoms with Crippen LogP contribution in [0.15, 0.2) is 71.6 Å². The quantitative estimate of drug-likeness (QED) is 0.612. The third-order valence-electron chi connectivity index (χ3n) is 5.44. The van der Waals surface area contributed by atoms with E-state index in [9.17, 15) is 13.2 Å². The summed E-state index contributed by atoms with van der Waals surface area (Å²) in [5.74, 6) is 0.0781. The van der Waals surface area contributed by atoms with E-state index in [1.807, 2.05) is 36.4 Å². The van der Waals surface area contributed by atoms with Crippen molar-refractivity contribution in [1.29, 1.82) is 0 Å². The van der Waals surface area contributed by atoms with Gasteiger partial charge in [-0.2, -0.15) is 0 Å². The molecule has 0 unspecified atom stereocenters. The average molecular weight is 409 g/mol. The fourth-order valence-corrected chi connectivity index (χ4v) is 4.92. The standard InChI is InChI=1S/C23H24N2O3S/c26-23(18-8-2-1-3-9-18)24-19-13-15-20(16-14-19)29(27,28)25-22-12-6-10-17-7-4-5-11-21(17)22/h4-7,10-16,18,25H,1-3,8-9H2,(H,24,26). The monoisotopic (exact) mass is 408 g/mol. The van der Waals surface area contributed by atoms with Crippen LogP contribution in [0.25, 0.3) is 10.8 Å². The van der Waals surface area contributed by atoms with Crippen LogP contribution in [0.4, 0.5) is 11.4 Å². The van der Waals surface area contributed by atoms with E-state index < -0.39 is 10.0 Å². The second-order valence-corrected chi connectivity index (χ2v) is 9.16. The Balaban J connectivity index is 1.49. The summed E-state index contributed by atoms with van der Waals surface area (Å²) in [6, 6.07) is 19.4. The summed E-state index contributed by atoms with van der Waals surface area (Å²) >= 11 is 0. The Morgan fingerprint density at radius 3 is 2.28 bits per heavy atom. The molecule has 1 fully saturated rings. The molecule has 0 spiro atoms. The van der Waals surface area contributed by atoms with E-state index in [2.05, 4.69) is 10.0 Å². The maximum absolute atomic E-state index is 12.8. The van der Waals surface area contributed by atoms with Crippen molar-refractivity contribution in [3.63, 3.8) is 0 Å². The molecule has 29 heavy (non-hydrogen) atoms. The van der Waals surface area contributed by atoms with Gasteiger partial charge in [-0.25, -0.2) is 8.42 Å². The minimum atomic E-state index is -3.73. The van der Waals surface area contributed by atoms with Gasteiger partial charge in [0.25, 0.3) is 10.0 Å². The van der Waals surface area contributed by atoms with Crippen molar-refractivity contribution in [3.05, 3.63) is 66.7 Å². The maximum Gasteiger partial charge on any atom is 0.261 e. The topological polar surface area (TPSA) is 75.3 Å². The Labute approximate surface area is 171 Å². The first-order valence-corrected chi connectivity index (χ1v) is 11.4. The predicted molar refractivity (Wildman–Crippen MR) is 116 cm³/mol. The summed E-state index contributed by atoms with van der Waals surface area (Å²) in [4.78, 5) is 12.5. The molecule has 1 aliphatic carbocycles. The van der Waals surface area contributed by atoms with Crippen LogP contribution >= 0.6 is 0 Å². The average Bonchev–Trinajstić information content (AvgIpc) is 2.75. The number of benzene rings is 3. The van der Waals surface area contributed by atoms with Crippen molar-refractivity contribution < 1.29 is 13.2 Å². The van der Waals surface area contributed by atoms with Gasteiger partial charge in [-0.3, -0.25) is 9.52 Å². The molecule has 0 aromatic heterocycles. The fraction of sp³-hybridized carbons (Fsp3) is 0.261. The Bertz CT molecular complexity index is 1110. The molecule has 5 nitrogen and oxygen atoms in total. The first kappa shape index (κ1) is 19.5. The van der Waals surface area contributed by atoms with E-state index in [1.165, 1.54) is 18.6 Å². The van der Waals surface area contributed by atoms with E-state index in [4.69, 9.17) is 0 Å². The molecule has 0 bridgehead atoms. The van der Waals surface area contributed by atoms with E-state index in [1.54, 1.807) is 18.2 Å². The molecular weight excluding hydrogens is 384 g/mol. The van der Waals surface area contributed by atoms with E-state index in [0.717, 1.165) is 36.5 Å². The minimum Gasteiger partial charge on any atom is -0.326 e. The SMILES string of the molecule is O=C(Nc1ccc(S(=O)(=O)Nc2cccc3ccccc23)cc1)C1CCCCC1. The summed E-state index contributed by atoms with van der Waals surface area (Å²) < 4.78 is 28.3. The summed E-state index contributed by atoms with van der Waals surface area (Å²) in [6.07, 6.45) is 5.23. The van der Waals surface area contributed by atoms with Gasteiger partial charge in [-0.05, 0) is 48.6 Å². The van der Waals surface area contributed by atoms with Crippen LogP contribution in [0.3, 0.4) is 0 Å². The van der Waals surface area contributed by atoms with Crippen molar-refractivity contribution in [1.82, 2.24) is 0 Å². The van der Waals surface area contributed by atoms with Crippen molar-refractivity contribution in [2.24, 2.45) is 5.92 Å².